The van der Waals surface area contributed by atoms with E-state index < -0.39 is 0 Å². The molecule has 0 amide bonds. The van der Waals surface area contributed by atoms with E-state index in [0.717, 1.165) is 55.7 Å². The normalized spacial score (nSPS) is 46.9. The monoisotopic (exact) mass is 444 g/mol. The number of hydrogen-bond donors (Lipinski definition) is 1. The van der Waals surface area contributed by atoms with Crippen LogP contribution in [0.5, 0.6) is 0 Å². The summed E-state index contributed by atoms with van der Waals surface area (Å²) in [6, 6.07) is 0. The van der Waals surface area contributed by atoms with Crippen molar-refractivity contribution in [3.8, 4) is 0 Å². The van der Waals surface area contributed by atoms with E-state index >= 15 is 0 Å². The summed E-state index contributed by atoms with van der Waals surface area (Å²) < 4.78 is 11.9. The number of aliphatic hydroxyl groups is 1. The molecule has 4 aliphatic carbocycles. The Kier molecular flexibility index (Phi) is 5.97. The lowest BCUT2D eigenvalue weighted by molar-refractivity contribution is -0.181. The minimum absolute atomic E-state index is 0.102. The first-order chi connectivity index (χ1) is 15.3. The van der Waals surface area contributed by atoms with Crippen molar-refractivity contribution in [2.45, 2.75) is 104 Å². The van der Waals surface area contributed by atoms with E-state index in [0.29, 0.717) is 40.6 Å². The molecule has 1 heterocycles. The third-order valence-corrected chi connectivity index (χ3v) is 11.1. The predicted molar refractivity (Wildman–Crippen MR) is 124 cm³/mol. The molecule has 5 rings (SSSR count). The summed E-state index contributed by atoms with van der Waals surface area (Å²) in [5, 5.41) is 18.6. The quantitative estimate of drug-likeness (QED) is 0.641. The maximum absolute atomic E-state index is 10.4. The smallest absolute Gasteiger partial charge is 0.216 e. The molecule has 4 fully saturated rings. The highest BCUT2D eigenvalue weighted by molar-refractivity contribution is 5.12. The van der Waals surface area contributed by atoms with Gasteiger partial charge in [0.2, 0.25) is 11.8 Å². The standard InChI is InChI=1S/C27H44N2O3/c1-16(6-9-24-29-28-17(2)32-24)20-7-8-21-25-22(11-13-27(20,21)4)26(3)12-10-19(30)14-18(26)15-23(25)31-5/h16,18-23,25,30H,6-15H2,1-5H3/t16?,18-,19+,20+,21-,22-,23+,25-,26-,27+/m0/s1. The van der Waals surface area contributed by atoms with Crippen LogP contribution in [0.2, 0.25) is 0 Å². The van der Waals surface area contributed by atoms with Crippen molar-refractivity contribution >= 4 is 0 Å². The molecule has 1 unspecified atom stereocenters. The molecular formula is C27H44N2O3. The first kappa shape index (κ1) is 22.8. The summed E-state index contributed by atoms with van der Waals surface area (Å²) in [7, 11) is 1.94. The first-order valence-corrected chi connectivity index (χ1v) is 13.3. The van der Waals surface area contributed by atoms with Gasteiger partial charge >= 0.3 is 0 Å². The van der Waals surface area contributed by atoms with Gasteiger partial charge in [0.1, 0.15) is 0 Å². The summed E-state index contributed by atoms with van der Waals surface area (Å²) in [4.78, 5) is 0. The van der Waals surface area contributed by atoms with Crippen molar-refractivity contribution in [2.24, 2.45) is 46.3 Å². The Morgan fingerprint density at radius 1 is 1.06 bits per heavy atom. The van der Waals surface area contributed by atoms with E-state index in [-0.39, 0.29) is 6.10 Å². The van der Waals surface area contributed by atoms with Gasteiger partial charge in [-0.3, -0.25) is 0 Å². The Hall–Kier alpha value is -0.940. The SMILES string of the molecule is CO[C@@H]1C[C@@H]2C[C@H](O)CC[C@]2(C)[C@H]2CC[C@]3(C)[C@@H](C(C)CCc4nnc(C)o4)CC[C@H]3[C@H]12. The number of aryl methyl sites for hydroxylation is 2. The zero-order valence-electron chi connectivity index (χ0n) is 20.8. The van der Waals surface area contributed by atoms with Gasteiger partial charge in [-0.25, -0.2) is 0 Å². The number of hydrogen-bond acceptors (Lipinski definition) is 5. The van der Waals surface area contributed by atoms with E-state index in [1.54, 1.807) is 0 Å². The van der Waals surface area contributed by atoms with Crippen LogP contribution in [0.25, 0.3) is 0 Å². The first-order valence-electron chi connectivity index (χ1n) is 13.3. The Labute approximate surface area is 194 Å². The van der Waals surface area contributed by atoms with Gasteiger partial charge in [0, 0.05) is 20.5 Å². The van der Waals surface area contributed by atoms with Crippen molar-refractivity contribution in [3.05, 3.63) is 11.8 Å². The molecule has 5 heteroatoms. The van der Waals surface area contributed by atoms with Crippen LogP contribution >= 0.6 is 0 Å². The average Bonchev–Trinajstić information content (AvgIpc) is 3.34. The second kappa shape index (κ2) is 8.37. The molecule has 0 aromatic carbocycles. The highest BCUT2D eigenvalue weighted by Crippen LogP contribution is 2.68. The van der Waals surface area contributed by atoms with Gasteiger partial charge in [-0.05, 0) is 104 Å². The molecule has 0 aliphatic heterocycles. The highest BCUT2D eigenvalue weighted by Gasteiger charge is 2.63. The van der Waals surface area contributed by atoms with Gasteiger partial charge in [0.25, 0.3) is 0 Å². The zero-order chi connectivity index (χ0) is 22.7. The number of rotatable bonds is 5. The summed E-state index contributed by atoms with van der Waals surface area (Å²) in [6.45, 7) is 9.51. The second-order valence-electron chi connectivity index (χ2n) is 12.4. The topological polar surface area (TPSA) is 68.4 Å². The largest absolute Gasteiger partial charge is 0.426 e. The van der Waals surface area contributed by atoms with Crippen LogP contribution in [-0.2, 0) is 11.2 Å². The fraction of sp³-hybridized carbons (Fsp3) is 0.926. The van der Waals surface area contributed by atoms with Crippen LogP contribution < -0.4 is 0 Å². The maximum Gasteiger partial charge on any atom is 0.216 e. The van der Waals surface area contributed by atoms with Gasteiger partial charge in [0.15, 0.2) is 0 Å². The fourth-order valence-electron chi connectivity index (χ4n) is 9.39. The Balaban J connectivity index is 1.34. The van der Waals surface area contributed by atoms with Crippen molar-refractivity contribution in [2.75, 3.05) is 7.11 Å². The third-order valence-electron chi connectivity index (χ3n) is 11.1. The molecule has 4 aliphatic rings. The highest BCUT2D eigenvalue weighted by atomic mass is 16.5. The van der Waals surface area contributed by atoms with Crippen LogP contribution in [0.1, 0.15) is 90.3 Å². The summed E-state index contributed by atoms with van der Waals surface area (Å²) in [5.74, 6) is 5.75. The van der Waals surface area contributed by atoms with Crippen LogP contribution in [-0.4, -0.2) is 34.6 Å². The predicted octanol–water partition coefficient (Wildman–Crippen LogP) is 5.59. The molecule has 0 saturated heterocycles. The number of ether oxygens (including phenoxy) is 1. The molecule has 1 N–H and O–H groups in total. The molecule has 1 aromatic heterocycles. The van der Waals surface area contributed by atoms with Gasteiger partial charge in [0.05, 0.1) is 12.2 Å². The minimum atomic E-state index is -0.102. The Morgan fingerprint density at radius 2 is 1.81 bits per heavy atom. The van der Waals surface area contributed by atoms with Crippen molar-refractivity contribution < 1.29 is 14.3 Å². The zero-order valence-corrected chi connectivity index (χ0v) is 20.8. The van der Waals surface area contributed by atoms with E-state index in [1.165, 1.54) is 32.1 Å². The molecule has 0 bridgehead atoms. The fourth-order valence-corrected chi connectivity index (χ4v) is 9.39. The van der Waals surface area contributed by atoms with Crippen LogP contribution in [0.3, 0.4) is 0 Å². The number of methoxy groups -OCH3 is 1. The lowest BCUT2D eigenvalue weighted by Crippen LogP contribution is -2.59. The van der Waals surface area contributed by atoms with Crippen molar-refractivity contribution in [1.82, 2.24) is 10.2 Å². The van der Waals surface area contributed by atoms with Gasteiger partial charge in [-0.1, -0.05) is 20.8 Å². The van der Waals surface area contributed by atoms with Crippen molar-refractivity contribution in [1.29, 1.82) is 0 Å². The van der Waals surface area contributed by atoms with E-state index in [2.05, 4.69) is 31.0 Å². The summed E-state index contributed by atoms with van der Waals surface area (Å²) in [5.41, 5.74) is 0.805. The Bertz CT molecular complexity index is 811. The summed E-state index contributed by atoms with van der Waals surface area (Å²) >= 11 is 0. The number of fused-ring (bicyclic) bond motifs is 5. The molecule has 4 saturated carbocycles. The number of aliphatic hydroxyl groups excluding tert-OH is 1. The van der Waals surface area contributed by atoms with Crippen LogP contribution in [0.4, 0.5) is 0 Å². The van der Waals surface area contributed by atoms with Gasteiger partial charge in [-0.15, -0.1) is 10.2 Å². The van der Waals surface area contributed by atoms with E-state index in [9.17, 15) is 5.11 Å². The molecule has 10 atom stereocenters. The van der Waals surface area contributed by atoms with E-state index in [4.69, 9.17) is 9.15 Å². The van der Waals surface area contributed by atoms with Crippen LogP contribution in [0.15, 0.2) is 4.42 Å². The molecule has 1 aromatic rings. The summed E-state index contributed by atoms with van der Waals surface area (Å²) in [6.07, 6.45) is 12.0. The second-order valence-corrected chi connectivity index (χ2v) is 12.4. The minimum Gasteiger partial charge on any atom is -0.426 e. The molecule has 0 spiro atoms. The van der Waals surface area contributed by atoms with Crippen LogP contribution in [0, 0.1) is 53.3 Å². The van der Waals surface area contributed by atoms with Gasteiger partial charge in [-0.2, -0.15) is 0 Å². The lowest BCUT2D eigenvalue weighted by Gasteiger charge is -2.63. The Morgan fingerprint density at radius 3 is 2.53 bits per heavy atom. The molecule has 5 nitrogen and oxygen atoms in total. The van der Waals surface area contributed by atoms with Crippen molar-refractivity contribution in [3.63, 3.8) is 0 Å². The number of nitrogens with zero attached hydrogens (tertiary/aromatic N) is 2. The molecule has 0 radical (unpaired) electrons. The number of aromatic nitrogens is 2. The average molecular weight is 445 g/mol. The molecular weight excluding hydrogens is 400 g/mol. The third kappa shape index (κ3) is 3.57. The lowest BCUT2D eigenvalue weighted by atomic mass is 9.43. The van der Waals surface area contributed by atoms with E-state index in [1.807, 2.05) is 14.0 Å². The molecule has 180 valence electrons. The molecule has 32 heavy (non-hydrogen) atoms. The maximum atomic E-state index is 10.4. The van der Waals surface area contributed by atoms with Gasteiger partial charge < -0.3 is 14.3 Å².